The fourth-order valence-electron chi connectivity index (χ4n) is 4.40. The molecule has 0 fully saturated rings. The minimum absolute atomic E-state index is 0.00282. The number of H-pyrrole nitrogens is 2. The number of furan rings is 1. The number of fused-ring (bicyclic) bond motifs is 2. The molecule has 6 aromatic rings. The maximum Gasteiger partial charge on any atom is 0.224 e. The summed E-state index contributed by atoms with van der Waals surface area (Å²) >= 11 is 0. The van der Waals surface area contributed by atoms with Crippen molar-refractivity contribution in [3.63, 3.8) is 0 Å². The van der Waals surface area contributed by atoms with Gasteiger partial charge in [0.1, 0.15) is 5.69 Å². The van der Waals surface area contributed by atoms with Crippen molar-refractivity contribution in [1.29, 1.82) is 0 Å². The van der Waals surface area contributed by atoms with Crippen molar-refractivity contribution in [3.05, 3.63) is 73.5 Å². The highest BCUT2D eigenvalue weighted by molar-refractivity contribution is 5.98. The fraction of sp³-hybridized carbons (Fsp3) is 0.143. The number of carbonyl (C=O) groups excluding carboxylic acids is 1. The molecule has 8 heteroatoms. The lowest BCUT2D eigenvalue weighted by molar-refractivity contribution is -0.116. The zero-order chi connectivity index (χ0) is 24.5. The summed E-state index contributed by atoms with van der Waals surface area (Å²) in [5.41, 5.74) is 7.95. The second-order valence-corrected chi connectivity index (χ2v) is 8.75. The molecular weight excluding hydrogens is 452 g/mol. The van der Waals surface area contributed by atoms with Crippen molar-refractivity contribution in [2.45, 2.75) is 26.2 Å². The number of nitrogens with one attached hydrogen (secondary N) is 3. The number of amides is 1. The molecule has 0 saturated heterocycles. The van der Waals surface area contributed by atoms with Gasteiger partial charge in [-0.25, -0.2) is 4.98 Å². The number of carbonyl (C=O) groups is 1. The molecule has 0 unspecified atom stereocenters. The van der Waals surface area contributed by atoms with Gasteiger partial charge in [-0.05, 0) is 42.3 Å². The molecular formula is C28H24N6O2. The van der Waals surface area contributed by atoms with Crippen molar-refractivity contribution >= 4 is 33.5 Å². The number of hydrogen-bond donors (Lipinski definition) is 3. The molecule has 2 aromatic carbocycles. The standard InChI is InChI=1S/C28H24N6O2/c1-2-3-7-25(35)30-20-12-19(14-29-15-20)17-8-9-23-22(13-17)27(34-33-23)28-31-24-6-4-5-21(26(24)32-28)18-10-11-36-16-18/h4-6,8-16H,2-3,7H2,1H3,(H,30,35)(H,31,32)(H,33,34). The first-order valence-corrected chi connectivity index (χ1v) is 11.9. The van der Waals surface area contributed by atoms with Crippen molar-refractivity contribution in [2.75, 3.05) is 5.32 Å². The number of unbranched alkanes of at least 4 members (excludes halogenated alkanes) is 1. The van der Waals surface area contributed by atoms with Crippen LogP contribution in [0, 0.1) is 0 Å². The van der Waals surface area contributed by atoms with Crippen LogP contribution >= 0.6 is 0 Å². The summed E-state index contributed by atoms with van der Waals surface area (Å²) < 4.78 is 5.27. The Morgan fingerprint density at radius 3 is 2.83 bits per heavy atom. The quantitative estimate of drug-likeness (QED) is 0.242. The molecule has 0 saturated carbocycles. The number of imidazole rings is 1. The number of benzene rings is 2. The lowest BCUT2D eigenvalue weighted by Crippen LogP contribution is -2.11. The fourth-order valence-corrected chi connectivity index (χ4v) is 4.40. The number of rotatable bonds is 7. The summed E-state index contributed by atoms with van der Waals surface area (Å²) in [6.45, 7) is 2.07. The molecule has 0 aliphatic rings. The Kier molecular flexibility index (Phi) is 5.53. The van der Waals surface area contributed by atoms with E-state index in [1.165, 1.54) is 0 Å². The monoisotopic (exact) mass is 476 g/mol. The third kappa shape index (κ3) is 4.02. The summed E-state index contributed by atoms with van der Waals surface area (Å²) in [4.78, 5) is 24.8. The zero-order valence-electron chi connectivity index (χ0n) is 19.7. The largest absolute Gasteiger partial charge is 0.472 e. The lowest BCUT2D eigenvalue weighted by Gasteiger charge is -2.07. The summed E-state index contributed by atoms with van der Waals surface area (Å²) in [5.74, 6) is 0.683. The Balaban J connectivity index is 1.37. The topological polar surface area (TPSA) is 112 Å². The van der Waals surface area contributed by atoms with Gasteiger partial charge >= 0.3 is 0 Å². The third-order valence-electron chi connectivity index (χ3n) is 6.24. The van der Waals surface area contributed by atoms with Gasteiger partial charge in [0.2, 0.25) is 5.91 Å². The molecule has 4 aromatic heterocycles. The van der Waals surface area contributed by atoms with Crippen LogP contribution in [0.15, 0.2) is 77.9 Å². The number of hydrogen-bond acceptors (Lipinski definition) is 5. The molecule has 0 spiro atoms. The summed E-state index contributed by atoms with van der Waals surface area (Å²) in [7, 11) is 0. The van der Waals surface area contributed by atoms with E-state index in [0.717, 1.165) is 62.7 Å². The average Bonchev–Trinajstić information content (AvgIpc) is 3.66. The van der Waals surface area contributed by atoms with E-state index in [2.05, 4.69) is 38.5 Å². The van der Waals surface area contributed by atoms with Crippen LogP contribution in [0.25, 0.3) is 55.7 Å². The van der Waals surface area contributed by atoms with E-state index >= 15 is 0 Å². The van der Waals surface area contributed by atoms with E-state index in [1.54, 1.807) is 24.9 Å². The molecule has 4 heterocycles. The van der Waals surface area contributed by atoms with Crippen LogP contribution in [0.2, 0.25) is 0 Å². The average molecular weight is 477 g/mol. The first kappa shape index (κ1) is 21.8. The molecule has 3 N–H and O–H groups in total. The van der Waals surface area contributed by atoms with E-state index in [-0.39, 0.29) is 5.91 Å². The van der Waals surface area contributed by atoms with Crippen LogP contribution < -0.4 is 5.32 Å². The van der Waals surface area contributed by atoms with Crippen LogP contribution in [0.5, 0.6) is 0 Å². The van der Waals surface area contributed by atoms with E-state index in [0.29, 0.717) is 17.9 Å². The van der Waals surface area contributed by atoms with Crippen LogP contribution in [-0.2, 0) is 4.79 Å². The second kappa shape index (κ2) is 9.14. The van der Waals surface area contributed by atoms with Crippen molar-refractivity contribution in [1.82, 2.24) is 25.1 Å². The summed E-state index contributed by atoms with van der Waals surface area (Å²) in [6, 6.07) is 16.0. The Morgan fingerprint density at radius 1 is 1.03 bits per heavy atom. The van der Waals surface area contributed by atoms with Gasteiger partial charge in [-0.2, -0.15) is 5.10 Å². The Hall–Kier alpha value is -4.72. The van der Waals surface area contributed by atoms with Crippen LogP contribution in [0.4, 0.5) is 5.69 Å². The number of pyridine rings is 1. The van der Waals surface area contributed by atoms with Gasteiger partial charge in [-0.3, -0.25) is 14.9 Å². The predicted molar refractivity (Wildman–Crippen MR) is 140 cm³/mol. The summed E-state index contributed by atoms with van der Waals surface area (Å²) in [5, 5.41) is 11.6. The molecule has 0 atom stereocenters. The van der Waals surface area contributed by atoms with Crippen LogP contribution in [0.1, 0.15) is 26.2 Å². The molecule has 0 bridgehead atoms. The number of nitrogens with zero attached hydrogens (tertiary/aromatic N) is 3. The van der Waals surface area contributed by atoms with E-state index in [9.17, 15) is 4.79 Å². The maximum absolute atomic E-state index is 12.2. The molecule has 178 valence electrons. The Labute approximate surface area is 206 Å². The molecule has 1 amide bonds. The van der Waals surface area contributed by atoms with Gasteiger partial charge in [0, 0.05) is 34.7 Å². The van der Waals surface area contributed by atoms with Gasteiger partial charge in [-0.1, -0.05) is 31.5 Å². The van der Waals surface area contributed by atoms with Gasteiger partial charge in [0.15, 0.2) is 5.82 Å². The SMILES string of the molecule is CCCCC(=O)Nc1cncc(-c2ccc3[nH]nc(-c4nc5c(-c6ccoc6)cccc5[nH]4)c3c2)c1. The van der Waals surface area contributed by atoms with Crippen LogP contribution in [0.3, 0.4) is 0 Å². The van der Waals surface area contributed by atoms with E-state index < -0.39 is 0 Å². The molecule has 0 aliphatic heterocycles. The summed E-state index contributed by atoms with van der Waals surface area (Å²) in [6.07, 6.45) is 9.19. The number of aromatic amines is 2. The maximum atomic E-state index is 12.2. The number of anilines is 1. The van der Waals surface area contributed by atoms with E-state index in [1.807, 2.05) is 42.5 Å². The lowest BCUT2D eigenvalue weighted by atomic mass is 10.0. The zero-order valence-corrected chi connectivity index (χ0v) is 19.7. The van der Waals surface area contributed by atoms with Gasteiger partial charge in [0.05, 0.1) is 41.0 Å². The first-order chi connectivity index (χ1) is 17.7. The van der Waals surface area contributed by atoms with Gasteiger partial charge in [0.25, 0.3) is 0 Å². The minimum atomic E-state index is 0.00282. The Morgan fingerprint density at radius 2 is 1.97 bits per heavy atom. The highest BCUT2D eigenvalue weighted by Crippen LogP contribution is 2.33. The molecule has 6 rings (SSSR count). The molecule has 0 radical (unpaired) electrons. The predicted octanol–water partition coefficient (Wildman–Crippen LogP) is 6.56. The van der Waals surface area contributed by atoms with Gasteiger partial charge < -0.3 is 14.7 Å². The van der Waals surface area contributed by atoms with Gasteiger partial charge in [-0.15, -0.1) is 0 Å². The molecule has 8 nitrogen and oxygen atoms in total. The third-order valence-corrected chi connectivity index (χ3v) is 6.24. The number of aromatic nitrogens is 5. The van der Waals surface area contributed by atoms with Crippen molar-refractivity contribution in [2.24, 2.45) is 0 Å². The second-order valence-electron chi connectivity index (χ2n) is 8.75. The molecule has 0 aliphatic carbocycles. The minimum Gasteiger partial charge on any atom is -0.472 e. The number of para-hydroxylation sites is 1. The van der Waals surface area contributed by atoms with Crippen LogP contribution in [-0.4, -0.2) is 31.1 Å². The molecule has 36 heavy (non-hydrogen) atoms. The van der Waals surface area contributed by atoms with E-state index in [4.69, 9.17) is 9.40 Å². The van der Waals surface area contributed by atoms with Crippen molar-refractivity contribution < 1.29 is 9.21 Å². The first-order valence-electron chi connectivity index (χ1n) is 11.9. The van der Waals surface area contributed by atoms with Crippen molar-refractivity contribution in [3.8, 4) is 33.8 Å². The smallest absolute Gasteiger partial charge is 0.224 e. The highest BCUT2D eigenvalue weighted by atomic mass is 16.3. The normalized spacial score (nSPS) is 11.4. The highest BCUT2D eigenvalue weighted by Gasteiger charge is 2.16. The Bertz CT molecular complexity index is 1680.